The van der Waals surface area contributed by atoms with E-state index >= 15 is 0 Å². The van der Waals surface area contributed by atoms with E-state index in [0.29, 0.717) is 29.2 Å². The van der Waals surface area contributed by atoms with Crippen molar-refractivity contribution < 1.29 is 4.79 Å². The monoisotopic (exact) mass is 289 g/mol. The van der Waals surface area contributed by atoms with Gasteiger partial charge in [-0.25, -0.2) is 4.98 Å². The smallest absolute Gasteiger partial charge is 0.262 e. The largest absolute Gasteiger partial charge is 0.351 e. The van der Waals surface area contributed by atoms with Gasteiger partial charge in [0.05, 0.1) is 6.54 Å². The molecule has 1 amide bonds. The highest BCUT2D eigenvalue weighted by Gasteiger charge is 2.11. The summed E-state index contributed by atoms with van der Waals surface area (Å²) in [5.74, 6) is 6.23. The maximum atomic E-state index is 12.0. The van der Waals surface area contributed by atoms with Gasteiger partial charge in [-0.3, -0.25) is 9.48 Å². The average Bonchev–Trinajstić information content (AvgIpc) is 3.05. The van der Waals surface area contributed by atoms with Crippen molar-refractivity contribution in [3.05, 3.63) is 34.0 Å². The van der Waals surface area contributed by atoms with Gasteiger partial charge < -0.3 is 11.1 Å². The van der Waals surface area contributed by atoms with Crippen LogP contribution in [-0.2, 0) is 13.5 Å². The number of aromatic nitrogens is 3. The summed E-state index contributed by atoms with van der Waals surface area (Å²) in [5, 5.41) is 8.83. The molecular formula is C13H15N5OS. The minimum Gasteiger partial charge on any atom is -0.351 e. The van der Waals surface area contributed by atoms with Crippen LogP contribution in [0, 0.1) is 11.8 Å². The summed E-state index contributed by atoms with van der Waals surface area (Å²) in [4.78, 5) is 16.8. The molecule has 0 aliphatic heterocycles. The Kier molecular flexibility index (Phi) is 4.87. The van der Waals surface area contributed by atoms with Gasteiger partial charge in [-0.05, 0) is 11.4 Å². The second-order valence-electron chi connectivity index (χ2n) is 4.01. The zero-order valence-corrected chi connectivity index (χ0v) is 11.9. The van der Waals surface area contributed by atoms with Crippen molar-refractivity contribution in [2.24, 2.45) is 12.8 Å². The van der Waals surface area contributed by atoms with Crippen LogP contribution >= 0.6 is 11.3 Å². The minimum atomic E-state index is -0.128. The van der Waals surface area contributed by atoms with Crippen molar-refractivity contribution in [1.82, 2.24) is 20.1 Å². The van der Waals surface area contributed by atoms with Crippen LogP contribution in [-0.4, -0.2) is 33.8 Å². The first kappa shape index (κ1) is 14.2. The van der Waals surface area contributed by atoms with Gasteiger partial charge >= 0.3 is 0 Å². The molecule has 0 fully saturated rings. The first-order valence-corrected chi connectivity index (χ1v) is 6.98. The molecule has 6 nitrogen and oxygen atoms in total. The highest BCUT2D eigenvalue weighted by atomic mass is 32.1. The summed E-state index contributed by atoms with van der Waals surface area (Å²) >= 11 is 1.37. The molecule has 2 aromatic rings. The number of nitrogens with zero attached hydrogens (tertiary/aromatic N) is 3. The first-order valence-electron chi connectivity index (χ1n) is 6.10. The van der Waals surface area contributed by atoms with Crippen LogP contribution in [0.1, 0.15) is 21.1 Å². The van der Waals surface area contributed by atoms with Crippen molar-refractivity contribution >= 4 is 17.2 Å². The Labute approximate surface area is 121 Å². The number of nitrogens with one attached hydrogen (secondary N) is 1. The highest BCUT2D eigenvalue weighted by Crippen LogP contribution is 2.15. The Balaban J connectivity index is 1.90. The maximum absolute atomic E-state index is 12.0. The molecule has 104 valence electrons. The molecule has 0 aliphatic carbocycles. The van der Waals surface area contributed by atoms with E-state index in [1.165, 1.54) is 11.3 Å². The van der Waals surface area contributed by atoms with E-state index < -0.39 is 0 Å². The number of carbonyl (C=O) groups excluding carboxylic acids is 1. The number of thiophene rings is 1. The summed E-state index contributed by atoms with van der Waals surface area (Å²) in [5.41, 5.74) is 6.05. The number of hydrogen-bond acceptors (Lipinski definition) is 5. The standard InChI is InChI=1S/C13H15N5OS/c1-18-9-16-11(17-18)4-7-15-13(19)12-10(3-2-6-14)5-8-20-12/h5,8-9H,4,6-7,14H2,1H3,(H,15,19). The van der Waals surface area contributed by atoms with Crippen LogP contribution in [0.5, 0.6) is 0 Å². The third-order valence-electron chi connectivity index (χ3n) is 2.48. The Morgan fingerprint density at radius 3 is 3.15 bits per heavy atom. The van der Waals surface area contributed by atoms with Gasteiger partial charge in [0.25, 0.3) is 5.91 Å². The Morgan fingerprint density at radius 1 is 1.60 bits per heavy atom. The van der Waals surface area contributed by atoms with E-state index in [1.807, 2.05) is 18.5 Å². The number of rotatable bonds is 4. The lowest BCUT2D eigenvalue weighted by atomic mass is 10.2. The van der Waals surface area contributed by atoms with Gasteiger partial charge in [0.15, 0.2) is 5.82 Å². The van der Waals surface area contributed by atoms with Crippen LogP contribution in [0.4, 0.5) is 0 Å². The van der Waals surface area contributed by atoms with E-state index in [4.69, 9.17) is 5.73 Å². The molecule has 0 aliphatic rings. The third-order valence-corrected chi connectivity index (χ3v) is 3.39. The molecule has 0 saturated carbocycles. The Hall–Kier alpha value is -2.17. The molecule has 0 atom stereocenters. The topological polar surface area (TPSA) is 85.8 Å². The lowest BCUT2D eigenvalue weighted by Crippen LogP contribution is -2.25. The van der Waals surface area contributed by atoms with Gasteiger partial charge in [0, 0.05) is 25.6 Å². The predicted molar refractivity (Wildman–Crippen MR) is 77.3 cm³/mol. The van der Waals surface area contributed by atoms with E-state index in [0.717, 1.165) is 0 Å². The second kappa shape index (κ2) is 6.84. The molecule has 0 bridgehead atoms. The summed E-state index contributed by atoms with van der Waals surface area (Å²) in [6, 6.07) is 1.82. The van der Waals surface area contributed by atoms with Gasteiger partial charge in [-0.1, -0.05) is 11.8 Å². The van der Waals surface area contributed by atoms with Crippen LogP contribution < -0.4 is 11.1 Å². The van der Waals surface area contributed by atoms with Crippen molar-refractivity contribution in [1.29, 1.82) is 0 Å². The van der Waals surface area contributed by atoms with Crippen LogP contribution in [0.2, 0.25) is 0 Å². The van der Waals surface area contributed by atoms with Crippen molar-refractivity contribution in [3.8, 4) is 11.8 Å². The lowest BCUT2D eigenvalue weighted by molar-refractivity contribution is 0.0958. The third kappa shape index (κ3) is 3.66. The molecule has 2 aromatic heterocycles. The molecule has 0 saturated heterocycles. The molecule has 2 rings (SSSR count). The normalized spacial score (nSPS) is 9.90. The molecule has 7 heteroatoms. The van der Waals surface area contributed by atoms with Crippen LogP contribution in [0.3, 0.4) is 0 Å². The SMILES string of the molecule is Cn1cnc(CCNC(=O)c2sccc2C#CCN)n1. The number of hydrogen-bond donors (Lipinski definition) is 2. The number of amides is 1. The summed E-state index contributed by atoms with van der Waals surface area (Å²) in [6.07, 6.45) is 2.23. The quantitative estimate of drug-likeness (QED) is 0.785. The fraction of sp³-hybridized carbons (Fsp3) is 0.308. The number of nitrogens with two attached hydrogens (primary N) is 1. The minimum absolute atomic E-state index is 0.128. The van der Waals surface area contributed by atoms with Crippen molar-refractivity contribution in [2.45, 2.75) is 6.42 Å². The molecular weight excluding hydrogens is 274 g/mol. The molecule has 2 heterocycles. The number of aryl methyl sites for hydroxylation is 1. The molecule has 0 unspecified atom stereocenters. The fourth-order valence-corrected chi connectivity index (χ4v) is 2.36. The van der Waals surface area contributed by atoms with Crippen molar-refractivity contribution in [2.75, 3.05) is 13.1 Å². The molecule has 0 spiro atoms. The molecule has 3 N–H and O–H groups in total. The first-order chi connectivity index (χ1) is 9.70. The van der Waals surface area contributed by atoms with E-state index in [-0.39, 0.29) is 12.5 Å². The summed E-state index contributed by atoms with van der Waals surface area (Å²) < 4.78 is 1.64. The number of carbonyl (C=O) groups is 1. The Bertz CT molecular complexity index is 649. The molecule has 0 aromatic carbocycles. The van der Waals surface area contributed by atoms with Gasteiger partial charge in [-0.15, -0.1) is 11.3 Å². The van der Waals surface area contributed by atoms with Crippen LogP contribution in [0.15, 0.2) is 17.8 Å². The van der Waals surface area contributed by atoms with Gasteiger partial charge in [-0.2, -0.15) is 5.10 Å². The second-order valence-corrected chi connectivity index (χ2v) is 4.93. The lowest BCUT2D eigenvalue weighted by Gasteiger charge is -2.02. The summed E-state index contributed by atoms with van der Waals surface area (Å²) in [7, 11) is 1.81. The predicted octanol–water partition coefficient (Wildman–Crippen LogP) is 0.159. The average molecular weight is 289 g/mol. The fourth-order valence-electron chi connectivity index (χ4n) is 1.60. The zero-order valence-electron chi connectivity index (χ0n) is 11.1. The van der Waals surface area contributed by atoms with E-state index in [1.54, 1.807) is 11.0 Å². The van der Waals surface area contributed by atoms with E-state index in [2.05, 4.69) is 27.2 Å². The van der Waals surface area contributed by atoms with Crippen molar-refractivity contribution in [3.63, 3.8) is 0 Å². The highest BCUT2D eigenvalue weighted by molar-refractivity contribution is 7.12. The summed E-state index contributed by atoms with van der Waals surface area (Å²) in [6.45, 7) is 0.771. The Morgan fingerprint density at radius 2 is 2.45 bits per heavy atom. The van der Waals surface area contributed by atoms with Gasteiger partial charge in [0.2, 0.25) is 0 Å². The van der Waals surface area contributed by atoms with Crippen LogP contribution in [0.25, 0.3) is 0 Å². The molecule has 20 heavy (non-hydrogen) atoms. The van der Waals surface area contributed by atoms with Gasteiger partial charge in [0.1, 0.15) is 11.2 Å². The zero-order chi connectivity index (χ0) is 14.4. The van der Waals surface area contributed by atoms with E-state index in [9.17, 15) is 4.79 Å². The maximum Gasteiger partial charge on any atom is 0.262 e. The molecule has 0 radical (unpaired) electrons.